The molecule has 0 heterocycles. The molecule has 2 atom stereocenters. The van der Waals surface area contributed by atoms with Crippen molar-refractivity contribution in [2.24, 2.45) is 0 Å². The Morgan fingerprint density at radius 2 is 0.956 bits per heavy atom. The van der Waals surface area contributed by atoms with Gasteiger partial charge in [0.2, 0.25) is 5.91 Å². The Balaban J connectivity index is 3.65. The van der Waals surface area contributed by atoms with Gasteiger partial charge in [-0.05, 0) is 25.7 Å². The lowest BCUT2D eigenvalue weighted by atomic mass is 10.0. The fraction of sp³-hybridized carbons (Fsp3) is 0.974. The molecule has 0 aromatic heterocycles. The zero-order chi connectivity index (χ0) is 33.1. The average molecular weight is 642 g/mol. The van der Waals surface area contributed by atoms with Crippen molar-refractivity contribution in [3.63, 3.8) is 0 Å². The number of carbonyl (C=O) groups excluding carboxylic acids is 1. The zero-order valence-corrected chi connectivity index (χ0v) is 30.3. The Bertz CT molecular complexity index is 590. The summed E-state index contributed by atoms with van der Waals surface area (Å²) in [5, 5.41) is 29.9. The zero-order valence-electron chi connectivity index (χ0n) is 30.3. The minimum atomic E-state index is -0.714. The predicted octanol–water partition coefficient (Wildman–Crippen LogP) is 9.90. The predicted molar refractivity (Wildman–Crippen MR) is 192 cm³/mol. The largest absolute Gasteiger partial charge is 0.395 e. The molecule has 45 heavy (non-hydrogen) atoms. The van der Waals surface area contributed by atoms with E-state index >= 15 is 0 Å². The highest BCUT2D eigenvalue weighted by Gasteiger charge is 2.17. The van der Waals surface area contributed by atoms with Crippen LogP contribution in [-0.4, -0.2) is 71.2 Å². The number of carbonyl (C=O) groups is 1. The van der Waals surface area contributed by atoms with E-state index in [1.165, 1.54) is 128 Å². The summed E-state index contributed by atoms with van der Waals surface area (Å²) in [6.07, 6.45) is 34.1. The Hall–Kier alpha value is -0.690. The first-order chi connectivity index (χ1) is 22.0. The van der Waals surface area contributed by atoms with Crippen molar-refractivity contribution in [3.05, 3.63) is 0 Å². The van der Waals surface area contributed by atoms with Crippen LogP contribution in [0.5, 0.6) is 0 Å². The molecule has 270 valence electrons. The molecule has 1 amide bonds. The van der Waals surface area contributed by atoms with Crippen LogP contribution in [0.15, 0.2) is 0 Å². The molecule has 3 N–H and O–H groups in total. The molecule has 0 aliphatic heterocycles. The molecule has 0 saturated heterocycles. The summed E-state index contributed by atoms with van der Waals surface area (Å²) in [5.74, 6) is 0.0170. The highest BCUT2D eigenvalue weighted by molar-refractivity contribution is 5.76. The Morgan fingerprint density at radius 1 is 0.556 bits per heavy atom. The van der Waals surface area contributed by atoms with Crippen LogP contribution in [0.25, 0.3) is 0 Å². The number of aliphatic hydroxyl groups is 3. The Labute approximate surface area is 280 Å². The van der Waals surface area contributed by atoms with E-state index in [1.54, 1.807) is 4.90 Å². The first-order valence-electron chi connectivity index (χ1n) is 19.9. The molecule has 0 rings (SSSR count). The van der Waals surface area contributed by atoms with Gasteiger partial charge in [0.1, 0.15) is 0 Å². The number of ether oxygens (including phenoxy) is 1. The fourth-order valence-electron chi connectivity index (χ4n) is 6.19. The van der Waals surface area contributed by atoms with Crippen LogP contribution in [0.2, 0.25) is 0 Å². The molecule has 0 aromatic rings. The molecule has 2 unspecified atom stereocenters. The molecule has 6 heteroatoms. The van der Waals surface area contributed by atoms with Gasteiger partial charge in [0.25, 0.3) is 0 Å². The number of hydrogen-bond donors (Lipinski definition) is 3. The third kappa shape index (κ3) is 33.0. The molecule has 0 saturated carbocycles. The minimum absolute atomic E-state index is 0.0170. The van der Waals surface area contributed by atoms with Gasteiger partial charge < -0.3 is 25.0 Å². The van der Waals surface area contributed by atoms with Gasteiger partial charge in [0.15, 0.2) is 0 Å². The van der Waals surface area contributed by atoms with Crippen LogP contribution in [0, 0.1) is 0 Å². The van der Waals surface area contributed by atoms with Crippen molar-refractivity contribution in [2.45, 2.75) is 212 Å². The molecular formula is C39H79NO5. The van der Waals surface area contributed by atoms with E-state index in [1.807, 2.05) is 0 Å². The topological polar surface area (TPSA) is 90.2 Å². The van der Waals surface area contributed by atoms with Gasteiger partial charge in [-0.1, -0.05) is 168 Å². The number of hydrogen-bond acceptors (Lipinski definition) is 5. The molecule has 0 aromatic carbocycles. The highest BCUT2D eigenvalue weighted by Crippen LogP contribution is 2.15. The highest BCUT2D eigenvalue weighted by atomic mass is 16.5. The molecule has 0 bridgehead atoms. The van der Waals surface area contributed by atoms with Crippen LogP contribution in [0.1, 0.15) is 200 Å². The number of rotatable bonds is 37. The lowest BCUT2D eigenvalue weighted by molar-refractivity contribution is -0.134. The number of nitrogens with zero attached hydrogens (tertiary/aromatic N) is 1. The summed E-state index contributed by atoms with van der Waals surface area (Å²) in [7, 11) is 0. The van der Waals surface area contributed by atoms with Crippen LogP contribution < -0.4 is 0 Å². The molecule has 0 fully saturated rings. The smallest absolute Gasteiger partial charge is 0.222 e. The maximum Gasteiger partial charge on any atom is 0.222 e. The fourth-order valence-corrected chi connectivity index (χ4v) is 6.19. The van der Waals surface area contributed by atoms with E-state index in [-0.39, 0.29) is 38.3 Å². The normalized spacial score (nSPS) is 12.9. The van der Waals surface area contributed by atoms with Gasteiger partial charge in [-0.2, -0.15) is 0 Å². The Kier molecular flexibility index (Phi) is 35.6. The second-order valence-corrected chi connectivity index (χ2v) is 13.8. The second kappa shape index (κ2) is 36.2. The van der Waals surface area contributed by atoms with Gasteiger partial charge in [-0.3, -0.25) is 4.79 Å². The van der Waals surface area contributed by atoms with Crippen LogP contribution in [0.3, 0.4) is 0 Å². The summed E-state index contributed by atoms with van der Waals surface area (Å²) >= 11 is 0. The summed E-state index contributed by atoms with van der Waals surface area (Å²) in [5.41, 5.74) is 0. The number of unbranched alkanes of at least 4 members (excludes halogenated alkanes) is 23. The van der Waals surface area contributed by atoms with E-state index < -0.39 is 6.10 Å². The van der Waals surface area contributed by atoms with E-state index in [0.29, 0.717) is 13.0 Å². The SMILES string of the molecule is CCCCCCCCCCCCCCCCOCC(O)CN(CCO)C(=O)CCCCCCCCCCC(O)CCCCCC. The van der Waals surface area contributed by atoms with Gasteiger partial charge >= 0.3 is 0 Å². The second-order valence-electron chi connectivity index (χ2n) is 13.8. The van der Waals surface area contributed by atoms with Gasteiger partial charge in [0.05, 0.1) is 25.4 Å². The van der Waals surface area contributed by atoms with Gasteiger partial charge in [0, 0.05) is 26.1 Å². The third-order valence-electron chi connectivity index (χ3n) is 9.18. The maximum atomic E-state index is 12.7. The van der Waals surface area contributed by atoms with Crippen molar-refractivity contribution in [1.29, 1.82) is 0 Å². The first-order valence-corrected chi connectivity index (χ1v) is 19.9. The molecule has 0 aliphatic carbocycles. The standard InChI is InChI=1S/C39H79NO5/c1-3-5-7-9-10-11-12-13-14-15-18-21-24-28-34-45-36-38(43)35-40(32-33-41)39(44)31-27-23-20-17-16-19-22-26-30-37(42)29-25-8-6-4-2/h37-38,41-43H,3-36H2,1-2H3. The van der Waals surface area contributed by atoms with Crippen molar-refractivity contribution in [1.82, 2.24) is 4.90 Å². The van der Waals surface area contributed by atoms with Crippen molar-refractivity contribution < 1.29 is 24.9 Å². The minimum Gasteiger partial charge on any atom is -0.395 e. The summed E-state index contributed by atoms with van der Waals surface area (Å²) < 4.78 is 5.69. The van der Waals surface area contributed by atoms with Crippen molar-refractivity contribution >= 4 is 5.91 Å². The monoisotopic (exact) mass is 642 g/mol. The lowest BCUT2D eigenvalue weighted by Gasteiger charge is -2.24. The summed E-state index contributed by atoms with van der Waals surface area (Å²) in [6, 6.07) is 0. The summed E-state index contributed by atoms with van der Waals surface area (Å²) in [4.78, 5) is 14.3. The van der Waals surface area contributed by atoms with Crippen LogP contribution in [0.4, 0.5) is 0 Å². The molecule has 6 nitrogen and oxygen atoms in total. The van der Waals surface area contributed by atoms with Crippen molar-refractivity contribution in [2.75, 3.05) is 32.9 Å². The maximum absolute atomic E-state index is 12.7. The van der Waals surface area contributed by atoms with Gasteiger partial charge in [-0.25, -0.2) is 0 Å². The van der Waals surface area contributed by atoms with Gasteiger partial charge in [-0.15, -0.1) is 0 Å². The number of amides is 1. The molecule has 0 spiro atoms. The average Bonchev–Trinajstić information content (AvgIpc) is 3.03. The number of aliphatic hydroxyl groups excluding tert-OH is 3. The van der Waals surface area contributed by atoms with E-state index in [4.69, 9.17) is 4.74 Å². The van der Waals surface area contributed by atoms with E-state index in [9.17, 15) is 20.1 Å². The summed E-state index contributed by atoms with van der Waals surface area (Å²) in [6.45, 7) is 5.79. The third-order valence-corrected chi connectivity index (χ3v) is 9.18. The first kappa shape index (κ1) is 44.3. The lowest BCUT2D eigenvalue weighted by Crippen LogP contribution is -2.40. The molecular weight excluding hydrogens is 562 g/mol. The van der Waals surface area contributed by atoms with Crippen molar-refractivity contribution in [3.8, 4) is 0 Å². The van der Waals surface area contributed by atoms with Crippen LogP contribution in [-0.2, 0) is 9.53 Å². The van der Waals surface area contributed by atoms with E-state index in [0.717, 1.165) is 51.4 Å². The van der Waals surface area contributed by atoms with Crippen LogP contribution >= 0.6 is 0 Å². The quantitative estimate of drug-likeness (QED) is 0.0588. The Morgan fingerprint density at radius 3 is 1.42 bits per heavy atom. The van der Waals surface area contributed by atoms with E-state index in [2.05, 4.69) is 13.8 Å². The molecule has 0 radical (unpaired) electrons. The molecule has 0 aliphatic rings.